The lowest BCUT2D eigenvalue weighted by molar-refractivity contribution is -0.0166. The van der Waals surface area contributed by atoms with Crippen molar-refractivity contribution in [3.05, 3.63) is 51.5 Å². The van der Waals surface area contributed by atoms with Gasteiger partial charge in [0, 0.05) is 12.0 Å². The van der Waals surface area contributed by atoms with Crippen molar-refractivity contribution in [2.24, 2.45) is 17.8 Å². The number of rotatable bonds is 4. The van der Waals surface area contributed by atoms with Crippen molar-refractivity contribution < 1.29 is 4.79 Å². The van der Waals surface area contributed by atoms with Crippen molar-refractivity contribution in [2.75, 3.05) is 0 Å². The van der Waals surface area contributed by atoms with Crippen molar-refractivity contribution >= 4 is 17.2 Å². The number of aryl methyl sites for hydroxylation is 1. The highest BCUT2D eigenvalue weighted by Crippen LogP contribution is 2.55. The fraction of sp³-hybridized carbons (Fsp3) is 0.545. The SMILES string of the molecule is Cc1nc(Cc2ccccc2)sc1C(=O)NC12CC3CC(CC(C3)C1)C2. The van der Waals surface area contributed by atoms with Crippen LogP contribution in [0.2, 0.25) is 0 Å². The molecule has 4 aliphatic rings. The van der Waals surface area contributed by atoms with Crippen LogP contribution in [-0.2, 0) is 6.42 Å². The van der Waals surface area contributed by atoms with Crippen LogP contribution >= 0.6 is 11.3 Å². The first-order valence-corrected chi connectivity index (χ1v) is 10.7. The fourth-order valence-electron chi connectivity index (χ4n) is 6.07. The van der Waals surface area contributed by atoms with E-state index >= 15 is 0 Å². The van der Waals surface area contributed by atoms with Crippen molar-refractivity contribution in [1.29, 1.82) is 0 Å². The highest BCUT2D eigenvalue weighted by atomic mass is 32.1. The Hall–Kier alpha value is -1.68. The Balaban J connectivity index is 1.33. The van der Waals surface area contributed by atoms with Crippen LogP contribution in [0, 0.1) is 24.7 Å². The molecule has 26 heavy (non-hydrogen) atoms. The third kappa shape index (κ3) is 2.98. The van der Waals surface area contributed by atoms with E-state index in [9.17, 15) is 4.79 Å². The molecule has 4 bridgehead atoms. The van der Waals surface area contributed by atoms with Gasteiger partial charge in [0.1, 0.15) is 4.88 Å². The molecule has 1 amide bonds. The Kier molecular flexibility index (Phi) is 3.93. The van der Waals surface area contributed by atoms with Gasteiger partial charge in [0.2, 0.25) is 0 Å². The van der Waals surface area contributed by atoms with Crippen molar-refractivity contribution in [2.45, 2.75) is 57.4 Å². The molecule has 2 aromatic rings. The number of nitrogens with zero attached hydrogens (tertiary/aromatic N) is 1. The van der Waals surface area contributed by atoms with Gasteiger partial charge in [-0.05, 0) is 68.8 Å². The normalized spacial score (nSPS) is 32.0. The van der Waals surface area contributed by atoms with Crippen LogP contribution in [0.5, 0.6) is 0 Å². The topological polar surface area (TPSA) is 42.0 Å². The van der Waals surface area contributed by atoms with Gasteiger partial charge in [-0.2, -0.15) is 0 Å². The van der Waals surface area contributed by atoms with Gasteiger partial charge in [-0.15, -0.1) is 11.3 Å². The van der Waals surface area contributed by atoms with Gasteiger partial charge >= 0.3 is 0 Å². The van der Waals surface area contributed by atoms with Crippen LogP contribution < -0.4 is 5.32 Å². The summed E-state index contributed by atoms with van der Waals surface area (Å²) in [6, 6.07) is 10.4. The Morgan fingerprint density at radius 3 is 2.35 bits per heavy atom. The summed E-state index contributed by atoms with van der Waals surface area (Å²) < 4.78 is 0. The van der Waals surface area contributed by atoms with E-state index in [-0.39, 0.29) is 11.4 Å². The van der Waals surface area contributed by atoms with E-state index in [0.29, 0.717) is 0 Å². The van der Waals surface area contributed by atoms with Crippen LogP contribution in [0.4, 0.5) is 0 Å². The lowest BCUT2D eigenvalue weighted by atomic mass is 9.53. The highest BCUT2D eigenvalue weighted by molar-refractivity contribution is 7.13. The van der Waals surface area contributed by atoms with E-state index in [0.717, 1.165) is 39.8 Å². The average molecular weight is 367 g/mol. The maximum Gasteiger partial charge on any atom is 0.263 e. The molecule has 136 valence electrons. The molecule has 3 nitrogen and oxygen atoms in total. The predicted octanol–water partition coefficient (Wildman–Crippen LogP) is 4.74. The lowest BCUT2D eigenvalue weighted by Crippen LogP contribution is -2.59. The van der Waals surface area contributed by atoms with E-state index in [1.54, 1.807) is 11.3 Å². The van der Waals surface area contributed by atoms with Gasteiger partial charge in [0.15, 0.2) is 0 Å². The molecule has 0 atom stereocenters. The molecule has 6 rings (SSSR count). The molecule has 1 N–H and O–H groups in total. The smallest absolute Gasteiger partial charge is 0.263 e. The summed E-state index contributed by atoms with van der Waals surface area (Å²) in [5.74, 6) is 2.65. The van der Waals surface area contributed by atoms with Gasteiger partial charge in [0.25, 0.3) is 5.91 Å². The molecule has 0 unspecified atom stereocenters. The van der Waals surface area contributed by atoms with Crippen LogP contribution in [0.3, 0.4) is 0 Å². The summed E-state index contributed by atoms with van der Waals surface area (Å²) in [7, 11) is 0. The van der Waals surface area contributed by atoms with Crippen LogP contribution in [0.25, 0.3) is 0 Å². The second kappa shape index (κ2) is 6.19. The number of hydrogen-bond acceptors (Lipinski definition) is 3. The van der Waals surface area contributed by atoms with Gasteiger partial charge in [0.05, 0.1) is 10.7 Å². The minimum absolute atomic E-state index is 0.0713. The predicted molar refractivity (Wildman–Crippen MR) is 104 cm³/mol. The molecule has 4 aliphatic carbocycles. The molecule has 1 aromatic carbocycles. The Morgan fingerprint density at radius 2 is 1.73 bits per heavy atom. The molecule has 0 aliphatic heterocycles. The first-order chi connectivity index (χ1) is 12.6. The molecular formula is C22H26N2OS. The molecule has 0 saturated heterocycles. The maximum atomic E-state index is 13.1. The molecule has 1 heterocycles. The monoisotopic (exact) mass is 366 g/mol. The number of benzene rings is 1. The van der Waals surface area contributed by atoms with E-state index in [4.69, 9.17) is 0 Å². The lowest BCUT2D eigenvalue weighted by Gasteiger charge is -2.56. The molecule has 0 spiro atoms. The zero-order valence-corrected chi connectivity index (χ0v) is 16.1. The molecule has 0 radical (unpaired) electrons. The summed E-state index contributed by atoms with van der Waals surface area (Å²) in [5, 5.41) is 4.52. The second-order valence-corrected chi connectivity index (χ2v) is 9.92. The molecule has 4 fully saturated rings. The zero-order valence-electron chi connectivity index (χ0n) is 15.3. The van der Waals surface area contributed by atoms with E-state index in [1.165, 1.54) is 44.1 Å². The van der Waals surface area contributed by atoms with Crippen molar-refractivity contribution in [3.8, 4) is 0 Å². The van der Waals surface area contributed by atoms with Crippen LogP contribution in [-0.4, -0.2) is 16.4 Å². The zero-order chi connectivity index (χ0) is 17.7. The number of aromatic nitrogens is 1. The number of nitrogens with one attached hydrogen (secondary N) is 1. The van der Waals surface area contributed by atoms with Crippen molar-refractivity contribution in [1.82, 2.24) is 10.3 Å². The maximum absolute atomic E-state index is 13.1. The number of hydrogen-bond donors (Lipinski definition) is 1. The quantitative estimate of drug-likeness (QED) is 0.849. The standard InChI is InChI=1S/C22H26N2OS/c1-14-20(26-19(23-14)10-15-5-3-2-4-6-15)21(25)24-22-11-16-7-17(12-22)9-18(8-16)13-22/h2-6,16-18H,7-13H2,1H3,(H,24,25). The second-order valence-electron chi connectivity index (χ2n) is 8.84. The van der Waals surface area contributed by atoms with Crippen LogP contribution in [0.15, 0.2) is 30.3 Å². The molecular weight excluding hydrogens is 340 g/mol. The fourth-order valence-corrected chi connectivity index (χ4v) is 7.06. The minimum Gasteiger partial charge on any atom is -0.346 e. The Labute approximate surface area is 159 Å². The summed E-state index contributed by atoms with van der Waals surface area (Å²) >= 11 is 1.57. The summed E-state index contributed by atoms with van der Waals surface area (Å²) in [5.41, 5.74) is 2.19. The summed E-state index contributed by atoms with van der Waals surface area (Å²) in [4.78, 5) is 18.6. The van der Waals surface area contributed by atoms with Gasteiger partial charge < -0.3 is 5.32 Å². The van der Waals surface area contributed by atoms with E-state index < -0.39 is 0 Å². The van der Waals surface area contributed by atoms with Crippen molar-refractivity contribution in [3.63, 3.8) is 0 Å². The number of thiazole rings is 1. The summed E-state index contributed by atoms with van der Waals surface area (Å²) in [6.45, 7) is 1.97. The summed E-state index contributed by atoms with van der Waals surface area (Å²) in [6.07, 6.45) is 8.58. The largest absolute Gasteiger partial charge is 0.346 e. The van der Waals surface area contributed by atoms with E-state index in [1.807, 2.05) is 13.0 Å². The third-order valence-corrected chi connectivity index (χ3v) is 7.82. The molecule has 4 saturated carbocycles. The third-order valence-electron chi connectivity index (χ3n) is 6.66. The minimum atomic E-state index is 0.0713. The molecule has 4 heteroatoms. The number of carbonyl (C=O) groups is 1. The number of amides is 1. The Bertz CT molecular complexity index is 791. The highest BCUT2D eigenvalue weighted by Gasteiger charge is 2.51. The van der Waals surface area contributed by atoms with Gasteiger partial charge in [-0.25, -0.2) is 4.98 Å². The average Bonchev–Trinajstić information content (AvgIpc) is 2.94. The van der Waals surface area contributed by atoms with Gasteiger partial charge in [-0.1, -0.05) is 30.3 Å². The Morgan fingerprint density at radius 1 is 1.12 bits per heavy atom. The first-order valence-electron chi connectivity index (χ1n) is 9.91. The molecule has 1 aromatic heterocycles. The van der Waals surface area contributed by atoms with Crippen LogP contribution in [0.1, 0.15) is 64.5 Å². The first kappa shape index (κ1) is 16.5. The van der Waals surface area contributed by atoms with Gasteiger partial charge in [-0.3, -0.25) is 4.79 Å². The number of carbonyl (C=O) groups excluding carboxylic acids is 1. The van der Waals surface area contributed by atoms with E-state index in [2.05, 4.69) is 34.6 Å².